The number of anilines is 2. The van der Waals surface area contributed by atoms with Gasteiger partial charge in [-0.05, 0) is 54.1 Å². The van der Waals surface area contributed by atoms with Gasteiger partial charge in [-0.1, -0.05) is 24.3 Å². The Bertz CT molecular complexity index is 1500. The molecule has 3 aromatic carbocycles. The predicted octanol–water partition coefficient (Wildman–Crippen LogP) is 6.10. The molecule has 0 atom stereocenters. The van der Waals surface area contributed by atoms with E-state index in [-0.39, 0.29) is 11.4 Å². The molecule has 0 saturated carbocycles. The third-order valence-electron chi connectivity index (χ3n) is 5.16. The second-order valence-corrected chi connectivity index (χ2v) is 10.8. The van der Waals surface area contributed by atoms with Gasteiger partial charge in [-0.2, -0.15) is 13.2 Å². The topological polar surface area (TPSA) is 88.2 Å². The molecule has 0 saturated heterocycles. The molecule has 0 aliphatic heterocycles. The lowest BCUT2D eigenvalue weighted by Crippen LogP contribution is -2.12. The Kier molecular flexibility index (Phi) is 7.14. The van der Waals surface area contributed by atoms with Crippen LogP contribution < -0.4 is 10.6 Å². The van der Waals surface area contributed by atoms with Crippen molar-refractivity contribution < 1.29 is 26.4 Å². The van der Waals surface area contributed by atoms with Crippen molar-refractivity contribution in [2.75, 3.05) is 16.9 Å². The van der Waals surface area contributed by atoms with Crippen molar-refractivity contribution in [3.05, 3.63) is 94.9 Å². The van der Waals surface area contributed by atoms with Crippen molar-refractivity contribution in [1.82, 2.24) is 4.98 Å². The van der Waals surface area contributed by atoms with Gasteiger partial charge in [-0.3, -0.25) is 4.79 Å². The van der Waals surface area contributed by atoms with Gasteiger partial charge in [-0.15, -0.1) is 11.3 Å². The number of benzene rings is 3. The van der Waals surface area contributed by atoms with E-state index in [1.54, 1.807) is 29.6 Å². The maximum absolute atomic E-state index is 12.9. The van der Waals surface area contributed by atoms with Crippen LogP contribution in [0, 0.1) is 0 Å². The second kappa shape index (κ2) is 10.1. The number of hydrogen-bond acceptors (Lipinski definition) is 6. The lowest BCUT2D eigenvalue weighted by atomic mass is 10.1. The average Bonchev–Trinajstić information content (AvgIpc) is 3.31. The summed E-state index contributed by atoms with van der Waals surface area (Å²) in [4.78, 5) is 17.2. The number of sulfone groups is 1. The smallest absolute Gasteiger partial charge is 0.357 e. The molecular formula is C25H20F3N3O3S2. The van der Waals surface area contributed by atoms with E-state index in [0.717, 1.165) is 24.0 Å². The Morgan fingerprint density at radius 2 is 1.72 bits per heavy atom. The number of carbonyl (C=O) groups excluding carboxylic acids is 1. The van der Waals surface area contributed by atoms with E-state index in [0.29, 0.717) is 27.6 Å². The number of thiazole rings is 1. The van der Waals surface area contributed by atoms with E-state index in [1.165, 1.54) is 41.7 Å². The maximum Gasteiger partial charge on any atom is 0.416 e. The number of amides is 1. The Morgan fingerprint density at radius 1 is 1.00 bits per heavy atom. The van der Waals surface area contributed by atoms with Gasteiger partial charge in [0, 0.05) is 35.0 Å². The first-order valence-electron chi connectivity index (χ1n) is 10.6. The minimum absolute atomic E-state index is 0.127. The van der Waals surface area contributed by atoms with Crippen LogP contribution in [0.4, 0.5) is 24.0 Å². The van der Waals surface area contributed by atoms with Gasteiger partial charge in [0.25, 0.3) is 5.91 Å². The first-order chi connectivity index (χ1) is 17.0. The van der Waals surface area contributed by atoms with Crippen LogP contribution in [-0.2, 0) is 22.6 Å². The first-order valence-corrected chi connectivity index (χ1v) is 13.3. The number of nitrogens with one attached hydrogen (secondary N) is 2. The van der Waals surface area contributed by atoms with Gasteiger partial charge in [0.1, 0.15) is 0 Å². The summed E-state index contributed by atoms with van der Waals surface area (Å²) in [5, 5.41) is 8.17. The first kappa shape index (κ1) is 25.4. The fraction of sp³-hybridized carbons (Fsp3) is 0.120. The monoisotopic (exact) mass is 531 g/mol. The Balaban J connectivity index is 1.42. The number of alkyl halides is 3. The van der Waals surface area contributed by atoms with Crippen LogP contribution in [0.3, 0.4) is 0 Å². The van der Waals surface area contributed by atoms with Crippen molar-refractivity contribution in [1.29, 1.82) is 0 Å². The highest BCUT2D eigenvalue weighted by atomic mass is 32.2. The van der Waals surface area contributed by atoms with Gasteiger partial charge in [-0.25, -0.2) is 13.4 Å². The average molecular weight is 532 g/mol. The SMILES string of the molecule is CS(=O)(=O)c1ccc(C(=O)Nc2cccc(-c3csc(NCc4cccc(C(F)(F)F)c4)n3)c2)cc1. The molecule has 0 bridgehead atoms. The number of halogens is 3. The summed E-state index contributed by atoms with van der Waals surface area (Å²) in [5.74, 6) is -0.395. The number of nitrogens with zero attached hydrogens (tertiary/aromatic N) is 1. The maximum atomic E-state index is 12.9. The summed E-state index contributed by atoms with van der Waals surface area (Å²) in [6, 6.07) is 17.8. The molecule has 4 rings (SSSR count). The highest BCUT2D eigenvalue weighted by Crippen LogP contribution is 2.30. The molecule has 0 fully saturated rings. The molecule has 2 N–H and O–H groups in total. The number of rotatable bonds is 7. The number of hydrogen-bond donors (Lipinski definition) is 2. The molecule has 0 radical (unpaired) electrons. The molecule has 0 spiro atoms. The summed E-state index contributed by atoms with van der Waals surface area (Å²) in [5.41, 5.74) is 1.99. The zero-order valence-corrected chi connectivity index (χ0v) is 20.5. The Labute approximate surface area is 209 Å². The van der Waals surface area contributed by atoms with Crippen molar-refractivity contribution in [3.63, 3.8) is 0 Å². The zero-order chi connectivity index (χ0) is 25.9. The summed E-state index contributed by atoms with van der Waals surface area (Å²) in [6.07, 6.45) is -3.30. The highest BCUT2D eigenvalue weighted by molar-refractivity contribution is 7.90. The van der Waals surface area contributed by atoms with E-state index in [9.17, 15) is 26.4 Å². The zero-order valence-electron chi connectivity index (χ0n) is 18.8. The van der Waals surface area contributed by atoms with Crippen molar-refractivity contribution in [3.8, 4) is 11.3 Å². The van der Waals surface area contributed by atoms with Crippen LogP contribution in [0.2, 0.25) is 0 Å². The molecule has 1 heterocycles. The molecule has 36 heavy (non-hydrogen) atoms. The van der Waals surface area contributed by atoms with E-state index < -0.39 is 27.5 Å². The number of aromatic nitrogens is 1. The fourth-order valence-electron chi connectivity index (χ4n) is 3.34. The van der Waals surface area contributed by atoms with Crippen LogP contribution in [0.25, 0.3) is 11.3 Å². The molecule has 1 aromatic heterocycles. The summed E-state index contributed by atoms with van der Waals surface area (Å²) >= 11 is 1.31. The largest absolute Gasteiger partial charge is 0.416 e. The molecule has 0 aliphatic carbocycles. The van der Waals surface area contributed by atoms with Crippen molar-refractivity contribution in [2.24, 2.45) is 0 Å². The van der Waals surface area contributed by atoms with Gasteiger partial charge < -0.3 is 10.6 Å². The quantitative estimate of drug-likeness (QED) is 0.301. The number of carbonyl (C=O) groups is 1. The Hall–Kier alpha value is -3.70. The van der Waals surface area contributed by atoms with Crippen molar-refractivity contribution >= 4 is 37.9 Å². The molecule has 0 aliphatic rings. The standard InChI is InChI=1S/C25H20F3N3O3S2/c1-36(33,34)21-10-8-17(9-11-21)23(32)30-20-7-3-5-18(13-20)22-15-35-24(31-22)29-14-16-4-2-6-19(12-16)25(26,27)28/h2-13,15H,14H2,1H3,(H,29,31)(H,30,32). The lowest BCUT2D eigenvalue weighted by Gasteiger charge is -2.09. The summed E-state index contributed by atoms with van der Waals surface area (Å²) in [7, 11) is -3.35. The second-order valence-electron chi connectivity index (χ2n) is 7.92. The highest BCUT2D eigenvalue weighted by Gasteiger charge is 2.30. The minimum atomic E-state index is -4.40. The molecule has 11 heteroatoms. The van der Waals surface area contributed by atoms with Crippen LogP contribution in [0.5, 0.6) is 0 Å². The van der Waals surface area contributed by atoms with E-state index >= 15 is 0 Å². The van der Waals surface area contributed by atoms with Crippen LogP contribution >= 0.6 is 11.3 Å². The van der Waals surface area contributed by atoms with Crippen LogP contribution in [-0.4, -0.2) is 25.6 Å². The van der Waals surface area contributed by atoms with Gasteiger partial charge in [0.05, 0.1) is 16.2 Å². The third-order valence-corrected chi connectivity index (χ3v) is 7.09. The molecule has 4 aromatic rings. The summed E-state index contributed by atoms with van der Waals surface area (Å²) in [6.45, 7) is 0.186. The van der Waals surface area contributed by atoms with Gasteiger partial charge >= 0.3 is 6.18 Å². The fourth-order valence-corrected chi connectivity index (χ4v) is 4.68. The van der Waals surface area contributed by atoms with E-state index in [2.05, 4.69) is 15.6 Å². The van der Waals surface area contributed by atoms with Crippen LogP contribution in [0.15, 0.2) is 83.1 Å². The lowest BCUT2D eigenvalue weighted by molar-refractivity contribution is -0.137. The molecular weight excluding hydrogens is 511 g/mol. The van der Waals surface area contributed by atoms with Gasteiger partial charge in [0.15, 0.2) is 15.0 Å². The van der Waals surface area contributed by atoms with E-state index in [1.807, 2.05) is 6.07 Å². The van der Waals surface area contributed by atoms with Crippen molar-refractivity contribution in [2.45, 2.75) is 17.6 Å². The molecule has 1 amide bonds. The normalized spacial score (nSPS) is 11.8. The minimum Gasteiger partial charge on any atom is -0.357 e. The van der Waals surface area contributed by atoms with Crippen LogP contribution in [0.1, 0.15) is 21.5 Å². The summed E-state index contributed by atoms with van der Waals surface area (Å²) < 4.78 is 61.9. The molecule has 6 nitrogen and oxygen atoms in total. The molecule has 0 unspecified atom stereocenters. The predicted molar refractivity (Wildman–Crippen MR) is 134 cm³/mol. The molecule has 186 valence electrons. The van der Waals surface area contributed by atoms with Gasteiger partial charge in [0.2, 0.25) is 0 Å². The third kappa shape index (κ3) is 6.29. The van der Waals surface area contributed by atoms with E-state index in [4.69, 9.17) is 0 Å². The Morgan fingerprint density at radius 3 is 2.42 bits per heavy atom.